The van der Waals surface area contributed by atoms with Crippen LogP contribution < -0.4 is 0 Å². The zero-order valence-electron chi connectivity index (χ0n) is 12.3. The molecule has 0 amide bonds. The molecule has 4 heteroatoms. The zero-order valence-corrected chi connectivity index (χ0v) is 12.3. The van der Waals surface area contributed by atoms with Crippen LogP contribution in [-0.4, -0.2) is 28.6 Å². The molecule has 1 heterocycles. The molecule has 1 aromatic carbocycles. The lowest BCUT2D eigenvalue weighted by atomic mass is 9.85. The van der Waals surface area contributed by atoms with Crippen LogP contribution in [0, 0.1) is 17.7 Å². The van der Waals surface area contributed by atoms with Crippen molar-refractivity contribution in [1.29, 1.82) is 0 Å². The summed E-state index contributed by atoms with van der Waals surface area (Å²) in [6, 6.07) is 4.40. The van der Waals surface area contributed by atoms with Crippen molar-refractivity contribution < 1.29 is 14.3 Å². The van der Waals surface area contributed by atoms with Gasteiger partial charge >= 0.3 is 5.97 Å². The molecule has 0 spiro atoms. The normalized spacial score (nSPS) is 27.5. The van der Waals surface area contributed by atoms with Gasteiger partial charge in [0, 0.05) is 24.7 Å². The van der Waals surface area contributed by atoms with Gasteiger partial charge in [-0.25, -0.2) is 9.18 Å². The molecule has 0 aliphatic carbocycles. The van der Waals surface area contributed by atoms with Crippen LogP contribution in [0.1, 0.15) is 43.1 Å². The first kappa shape index (κ1) is 15.0. The molecule has 0 aromatic heterocycles. The highest BCUT2D eigenvalue weighted by atomic mass is 19.1. The summed E-state index contributed by atoms with van der Waals surface area (Å²) in [4.78, 5) is 13.2. The Morgan fingerprint density at radius 2 is 2.10 bits per heavy atom. The van der Waals surface area contributed by atoms with Gasteiger partial charge in [-0.2, -0.15) is 0 Å². The molecule has 1 aliphatic rings. The highest BCUT2D eigenvalue weighted by Gasteiger charge is 2.29. The fourth-order valence-electron chi connectivity index (χ4n) is 3.09. The SMILES string of the molecule is CC1CC(C)C(C)N(Cc2cc(C(=O)O)ccc2F)C1. The van der Waals surface area contributed by atoms with Crippen LogP contribution in [0.3, 0.4) is 0 Å². The summed E-state index contributed by atoms with van der Waals surface area (Å²) in [7, 11) is 0. The van der Waals surface area contributed by atoms with Crippen molar-refractivity contribution in [1.82, 2.24) is 4.90 Å². The van der Waals surface area contributed by atoms with Gasteiger partial charge in [-0.05, 0) is 43.4 Å². The molecule has 1 N–H and O–H groups in total. The molecule has 0 radical (unpaired) electrons. The number of carbonyl (C=O) groups is 1. The summed E-state index contributed by atoms with van der Waals surface area (Å²) in [5.74, 6) is -0.177. The average molecular weight is 279 g/mol. The van der Waals surface area contributed by atoms with E-state index >= 15 is 0 Å². The fraction of sp³-hybridized carbons (Fsp3) is 0.562. The second kappa shape index (κ2) is 5.92. The molecule has 20 heavy (non-hydrogen) atoms. The van der Waals surface area contributed by atoms with E-state index < -0.39 is 5.97 Å². The van der Waals surface area contributed by atoms with Crippen LogP contribution in [0.15, 0.2) is 18.2 Å². The molecule has 1 fully saturated rings. The lowest BCUT2D eigenvalue weighted by molar-refractivity contribution is 0.0689. The number of carboxylic acids is 1. The Morgan fingerprint density at radius 3 is 2.75 bits per heavy atom. The van der Waals surface area contributed by atoms with Crippen LogP contribution in [-0.2, 0) is 6.54 Å². The third-order valence-electron chi connectivity index (χ3n) is 4.39. The predicted molar refractivity (Wildman–Crippen MR) is 76.2 cm³/mol. The number of aromatic carboxylic acids is 1. The van der Waals surface area contributed by atoms with Crippen LogP contribution in [0.2, 0.25) is 0 Å². The van der Waals surface area contributed by atoms with Gasteiger partial charge in [0.05, 0.1) is 5.56 Å². The topological polar surface area (TPSA) is 40.5 Å². The molecule has 1 aromatic rings. The highest BCUT2D eigenvalue weighted by Crippen LogP contribution is 2.28. The van der Waals surface area contributed by atoms with Gasteiger partial charge in [0.25, 0.3) is 0 Å². The molecular formula is C16H22FNO2. The second-order valence-electron chi connectivity index (χ2n) is 6.10. The molecule has 1 saturated heterocycles. The van der Waals surface area contributed by atoms with E-state index in [1.807, 2.05) is 0 Å². The highest BCUT2D eigenvalue weighted by molar-refractivity contribution is 5.87. The Morgan fingerprint density at radius 1 is 1.40 bits per heavy atom. The monoisotopic (exact) mass is 279 g/mol. The van der Waals surface area contributed by atoms with Crippen LogP contribution >= 0.6 is 0 Å². The van der Waals surface area contributed by atoms with E-state index in [1.165, 1.54) is 24.6 Å². The van der Waals surface area contributed by atoms with Crippen LogP contribution in [0.5, 0.6) is 0 Å². The Balaban J connectivity index is 2.20. The maximum atomic E-state index is 13.9. The molecule has 110 valence electrons. The van der Waals surface area contributed by atoms with Gasteiger partial charge in [0.1, 0.15) is 5.82 Å². The molecule has 2 rings (SSSR count). The van der Waals surface area contributed by atoms with Gasteiger partial charge in [0.15, 0.2) is 0 Å². The van der Waals surface area contributed by atoms with Crippen molar-refractivity contribution >= 4 is 5.97 Å². The molecule has 3 atom stereocenters. The second-order valence-corrected chi connectivity index (χ2v) is 6.10. The summed E-state index contributed by atoms with van der Waals surface area (Å²) in [5.41, 5.74) is 0.616. The maximum absolute atomic E-state index is 13.9. The Hall–Kier alpha value is -1.42. The first-order valence-electron chi connectivity index (χ1n) is 7.14. The largest absolute Gasteiger partial charge is 0.478 e. The summed E-state index contributed by atoms with van der Waals surface area (Å²) in [5, 5.41) is 9.01. The summed E-state index contributed by atoms with van der Waals surface area (Å²) >= 11 is 0. The van der Waals surface area contributed by atoms with Crippen molar-refractivity contribution in [2.24, 2.45) is 11.8 Å². The van der Waals surface area contributed by atoms with Crippen molar-refractivity contribution in [3.8, 4) is 0 Å². The number of nitrogens with zero attached hydrogens (tertiary/aromatic N) is 1. The maximum Gasteiger partial charge on any atom is 0.335 e. The van der Waals surface area contributed by atoms with E-state index in [-0.39, 0.29) is 11.4 Å². The number of halogens is 1. The number of rotatable bonds is 3. The van der Waals surface area contributed by atoms with E-state index in [0.717, 1.165) is 6.54 Å². The van der Waals surface area contributed by atoms with E-state index in [9.17, 15) is 9.18 Å². The number of likely N-dealkylation sites (tertiary alicyclic amines) is 1. The number of benzene rings is 1. The van der Waals surface area contributed by atoms with Crippen molar-refractivity contribution in [3.05, 3.63) is 35.1 Å². The quantitative estimate of drug-likeness (QED) is 0.922. The first-order valence-corrected chi connectivity index (χ1v) is 7.14. The Labute approximate surface area is 119 Å². The van der Waals surface area contributed by atoms with Gasteiger partial charge < -0.3 is 5.11 Å². The third-order valence-corrected chi connectivity index (χ3v) is 4.39. The van der Waals surface area contributed by atoms with E-state index in [4.69, 9.17) is 5.11 Å². The van der Waals surface area contributed by atoms with Crippen molar-refractivity contribution in [3.63, 3.8) is 0 Å². The first-order chi connectivity index (χ1) is 9.38. The minimum Gasteiger partial charge on any atom is -0.478 e. The number of carboxylic acid groups (broad SMARTS) is 1. The standard InChI is InChI=1S/C16H22FNO2/c1-10-6-11(2)12(3)18(8-10)9-14-7-13(16(19)20)4-5-15(14)17/h4-5,7,10-12H,6,8-9H2,1-3H3,(H,19,20). The van der Waals surface area contributed by atoms with Gasteiger partial charge in [-0.3, -0.25) is 4.90 Å². The lowest BCUT2D eigenvalue weighted by Gasteiger charge is -2.41. The zero-order chi connectivity index (χ0) is 14.9. The van der Waals surface area contributed by atoms with Crippen molar-refractivity contribution in [2.75, 3.05) is 6.54 Å². The molecule has 3 nitrogen and oxygen atoms in total. The molecule has 1 aliphatic heterocycles. The minimum absolute atomic E-state index is 0.146. The number of hydrogen-bond donors (Lipinski definition) is 1. The molecular weight excluding hydrogens is 257 g/mol. The van der Waals surface area contributed by atoms with Gasteiger partial charge in [0.2, 0.25) is 0 Å². The average Bonchev–Trinajstić information content (AvgIpc) is 2.37. The molecule has 0 saturated carbocycles. The smallest absolute Gasteiger partial charge is 0.335 e. The summed E-state index contributed by atoms with van der Waals surface area (Å²) in [6.07, 6.45) is 1.19. The number of hydrogen-bond acceptors (Lipinski definition) is 2. The van der Waals surface area contributed by atoms with Gasteiger partial charge in [-0.1, -0.05) is 13.8 Å². The van der Waals surface area contributed by atoms with Crippen LogP contribution in [0.25, 0.3) is 0 Å². The van der Waals surface area contributed by atoms with Crippen LogP contribution in [0.4, 0.5) is 4.39 Å². The Kier molecular flexibility index (Phi) is 4.43. The lowest BCUT2D eigenvalue weighted by Crippen LogP contribution is -2.45. The third kappa shape index (κ3) is 3.18. The van der Waals surface area contributed by atoms with E-state index in [0.29, 0.717) is 30.0 Å². The number of piperidine rings is 1. The summed E-state index contributed by atoms with van der Waals surface area (Å²) in [6.45, 7) is 8.00. The van der Waals surface area contributed by atoms with Gasteiger partial charge in [-0.15, -0.1) is 0 Å². The minimum atomic E-state index is -1.01. The Bertz CT molecular complexity index is 503. The van der Waals surface area contributed by atoms with Crippen molar-refractivity contribution in [2.45, 2.75) is 39.8 Å². The van der Waals surface area contributed by atoms with E-state index in [2.05, 4.69) is 25.7 Å². The van der Waals surface area contributed by atoms with E-state index in [1.54, 1.807) is 0 Å². The fourth-order valence-corrected chi connectivity index (χ4v) is 3.09. The molecule has 0 bridgehead atoms. The molecule has 3 unspecified atom stereocenters. The predicted octanol–water partition coefficient (Wildman–Crippen LogP) is 3.39. The summed E-state index contributed by atoms with van der Waals surface area (Å²) < 4.78 is 13.9.